The summed E-state index contributed by atoms with van der Waals surface area (Å²) in [6.07, 6.45) is 2.68. The quantitative estimate of drug-likeness (QED) is 0.816. The van der Waals surface area contributed by atoms with Gasteiger partial charge in [0, 0.05) is 18.3 Å². The number of benzene rings is 1. The molecule has 1 N–H and O–H groups in total. The van der Waals surface area contributed by atoms with Crippen LogP contribution in [0.25, 0.3) is 0 Å². The average Bonchev–Trinajstić information content (AvgIpc) is 3.10. The van der Waals surface area contributed by atoms with Gasteiger partial charge < -0.3 is 15.0 Å². The molecule has 0 aliphatic heterocycles. The molecule has 0 aromatic heterocycles. The monoisotopic (exact) mass is 262 g/mol. The zero-order valence-corrected chi connectivity index (χ0v) is 12.6. The van der Waals surface area contributed by atoms with Crippen molar-refractivity contribution in [2.75, 3.05) is 32.6 Å². The van der Waals surface area contributed by atoms with E-state index in [0.717, 1.165) is 18.9 Å². The normalized spacial score (nSPS) is 18.2. The molecule has 3 nitrogen and oxygen atoms in total. The fraction of sp³-hybridized carbons (Fsp3) is 0.625. The van der Waals surface area contributed by atoms with E-state index in [1.54, 1.807) is 0 Å². The Bertz CT molecular complexity index is 396. The first-order chi connectivity index (χ1) is 8.99. The molecule has 2 rings (SSSR count). The van der Waals surface area contributed by atoms with Crippen molar-refractivity contribution in [1.29, 1.82) is 0 Å². The third kappa shape index (κ3) is 4.13. The Kier molecular flexibility index (Phi) is 4.35. The van der Waals surface area contributed by atoms with E-state index >= 15 is 0 Å². The molecule has 1 aliphatic rings. The minimum absolute atomic E-state index is 0.501. The summed E-state index contributed by atoms with van der Waals surface area (Å²) in [6, 6.07) is 8.83. The van der Waals surface area contributed by atoms with Crippen molar-refractivity contribution in [3.63, 3.8) is 0 Å². The predicted octanol–water partition coefficient (Wildman–Crippen LogP) is 3.23. The van der Waals surface area contributed by atoms with Gasteiger partial charge in [-0.25, -0.2) is 0 Å². The van der Waals surface area contributed by atoms with Crippen LogP contribution in [0, 0.1) is 5.41 Å². The van der Waals surface area contributed by atoms with Gasteiger partial charge in [-0.1, -0.05) is 6.92 Å². The van der Waals surface area contributed by atoms with Crippen molar-refractivity contribution in [2.45, 2.75) is 32.7 Å². The minimum Gasteiger partial charge on any atom is -0.492 e. The number of nitrogens with zero attached hydrogens (tertiary/aromatic N) is 1. The van der Waals surface area contributed by atoms with Gasteiger partial charge in [-0.05, 0) is 63.5 Å². The first kappa shape index (κ1) is 14.2. The topological polar surface area (TPSA) is 24.5 Å². The second kappa shape index (κ2) is 5.83. The van der Waals surface area contributed by atoms with Crippen LogP contribution in [0.1, 0.15) is 26.7 Å². The first-order valence-electron chi connectivity index (χ1n) is 7.14. The zero-order chi connectivity index (χ0) is 13.9. The van der Waals surface area contributed by atoms with Crippen molar-refractivity contribution in [3.05, 3.63) is 24.3 Å². The molecule has 1 aliphatic carbocycles. The standard InChI is InChI=1S/C16H26N2O/c1-13(16(2)9-10-16)17-14-5-7-15(8-6-14)19-12-11-18(3)4/h5-8,13,17H,9-12H2,1-4H3. The fourth-order valence-electron chi connectivity index (χ4n) is 2.05. The van der Waals surface area contributed by atoms with Gasteiger partial charge in [-0.15, -0.1) is 0 Å². The molecule has 1 aromatic rings. The molecule has 1 fully saturated rings. The maximum absolute atomic E-state index is 5.69. The molecule has 106 valence electrons. The molecule has 1 saturated carbocycles. The van der Waals surface area contributed by atoms with Crippen molar-refractivity contribution >= 4 is 5.69 Å². The van der Waals surface area contributed by atoms with Crippen molar-refractivity contribution in [1.82, 2.24) is 4.90 Å². The van der Waals surface area contributed by atoms with E-state index in [4.69, 9.17) is 4.74 Å². The van der Waals surface area contributed by atoms with Crippen LogP contribution < -0.4 is 10.1 Å². The lowest BCUT2D eigenvalue weighted by Gasteiger charge is -2.21. The molecule has 0 spiro atoms. The molecule has 1 atom stereocenters. The predicted molar refractivity (Wildman–Crippen MR) is 80.9 cm³/mol. The van der Waals surface area contributed by atoms with Gasteiger partial charge in [-0.3, -0.25) is 0 Å². The number of nitrogens with one attached hydrogen (secondary N) is 1. The summed E-state index contributed by atoms with van der Waals surface area (Å²) < 4.78 is 5.69. The molecule has 0 heterocycles. The SMILES string of the molecule is CC(Nc1ccc(OCCN(C)C)cc1)C1(C)CC1. The molecular formula is C16H26N2O. The lowest BCUT2D eigenvalue weighted by atomic mass is 10.0. The highest BCUT2D eigenvalue weighted by molar-refractivity contribution is 5.47. The van der Waals surface area contributed by atoms with Gasteiger partial charge in [0.05, 0.1) is 0 Å². The van der Waals surface area contributed by atoms with Crippen LogP contribution in [0.4, 0.5) is 5.69 Å². The van der Waals surface area contributed by atoms with Gasteiger partial charge >= 0.3 is 0 Å². The van der Waals surface area contributed by atoms with Gasteiger partial charge in [-0.2, -0.15) is 0 Å². The van der Waals surface area contributed by atoms with Crippen molar-refractivity contribution in [3.8, 4) is 5.75 Å². The maximum atomic E-state index is 5.69. The number of ether oxygens (including phenoxy) is 1. The number of rotatable bonds is 7. The zero-order valence-electron chi connectivity index (χ0n) is 12.6. The molecular weight excluding hydrogens is 236 g/mol. The van der Waals surface area contributed by atoms with Crippen LogP contribution in [0.15, 0.2) is 24.3 Å². The van der Waals surface area contributed by atoms with Gasteiger partial charge in [0.2, 0.25) is 0 Å². The summed E-state index contributed by atoms with van der Waals surface area (Å²) in [5, 5.41) is 3.58. The summed E-state index contributed by atoms with van der Waals surface area (Å²) in [6.45, 7) is 6.29. The van der Waals surface area contributed by atoms with E-state index in [-0.39, 0.29) is 0 Å². The van der Waals surface area contributed by atoms with E-state index in [9.17, 15) is 0 Å². The largest absolute Gasteiger partial charge is 0.492 e. The number of likely N-dealkylation sites (N-methyl/N-ethyl adjacent to an activating group) is 1. The van der Waals surface area contributed by atoms with Gasteiger partial charge in [0.1, 0.15) is 12.4 Å². The maximum Gasteiger partial charge on any atom is 0.119 e. The smallest absolute Gasteiger partial charge is 0.119 e. The van der Waals surface area contributed by atoms with Gasteiger partial charge in [0.25, 0.3) is 0 Å². The molecule has 0 radical (unpaired) electrons. The molecule has 0 bridgehead atoms. The van der Waals surface area contributed by atoms with Crippen LogP contribution >= 0.6 is 0 Å². The van der Waals surface area contributed by atoms with E-state index in [2.05, 4.69) is 50.3 Å². The second-order valence-electron chi connectivity index (χ2n) is 6.20. The molecule has 0 saturated heterocycles. The van der Waals surface area contributed by atoms with E-state index in [0.29, 0.717) is 11.5 Å². The first-order valence-corrected chi connectivity index (χ1v) is 7.14. The van der Waals surface area contributed by atoms with E-state index in [1.165, 1.54) is 18.5 Å². The highest BCUT2D eigenvalue weighted by Gasteiger charge is 2.42. The Hall–Kier alpha value is -1.22. The Balaban J connectivity index is 1.81. The summed E-state index contributed by atoms with van der Waals surface area (Å²) >= 11 is 0. The Morgan fingerprint density at radius 2 is 1.89 bits per heavy atom. The van der Waals surface area contributed by atoms with Crippen molar-refractivity contribution < 1.29 is 4.74 Å². The summed E-state index contributed by atoms with van der Waals surface area (Å²) in [4.78, 5) is 2.12. The molecule has 0 amide bonds. The lowest BCUT2D eigenvalue weighted by molar-refractivity contribution is 0.261. The van der Waals surface area contributed by atoms with E-state index in [1.807, 2.05) is 12.1 Å². The molecule has 1 aromatic carbocycles. The average molecular weight is 262 g/mol. The highest BCUT2D eigenvalue weighted by Crippen LogP contribution is 2.48. The Morgan fingerprint density at radius 3 is 2.42 bits per heavy atom. The molecule has 3 heteroatoms. The lowest BCUT2D eigenvalue weighted by Crippen LogP contribution is -2.24. The Labute approximate surface area is 116 Å². The fourth-order valence-corrected chi connectivity index (χ4v) is 2.05. The van der Waals surface area contributed by atoms with Gasteiger partial charge in [0.15, 0.2) is 0 Å². The third-order valence-electron chi connectivity index (χ3n) is 4.13. The minimum atomic E-state index is 0.501. The van der Waals surface area contributed by atoms with Crippen LogP contribution in [0.3, 0.4) is 0 Å². The highest BCUT2D eigenvalue weighted by atomic mass is 16.5. The molecule has 19 heavy (non-hydrogen) atoms. The number of hydrogen-bond donors (Lipinski definition) is 1. The van der Waals surface area contributed by atoms with Crippen LogP contribution in [0.5, 0.6) is 5.75 Å². The summed E-state index contributed by atoms with van der Waals surface area (Å²) in [5.41, 5.74) is 1.68. The number of anilines is 1. The van der Waals surface area contributed by atoms with E-state index < -0.39 is 0 Å². The van der Waals surface area contributed by atoms with Crippen LogP contribution in [-0.2, 0) is 0 Å². The summed E-state index contributed by atoms with van der Waals surface area (Å²) in [7, 11) is 4.10. The third-order valence-corrected chi connectivity index (χ3v) is 4.13. The summed E-state index contributed by atoms with van der Waals surface area (Å²) in [5.74, 6) is 0.942. The Morgan fingerprint density at radius 1 is 1.26 bits per heavy atom. The van der Waals surface area contributed by atoms with Crippen molar-refractivity contribution in [2.24, 2.45) is 5.41 Å². The molecule has 1 unspecified atom stereocenters. The second-order valence-corrected chi connectivity index (χ2v) is 6.20. The van der Waals surface area contributed by atoms with Crippen LogP contribution in [-0.4, -0.2) is 38.2 Å². The number of hydrogen-bond acceptors (Lipinski definition) is 3. The van der Waals surface area contributed by atoms with Crippen LogP contribution in [0.2, 0.25) is 0 Å².